The second-order valence-corrected chi connectivity index (χ2v) is 5.99. The molecule has 3 N–H and O–H groups in total. The van der Waals surface area contributed by atoms with Crippen molar-refractivity contribution in [3.05, 3.63) is 54.1 Å². The van der Waals surface area contributed by atoms with Gasteiger partial charge in [0.25, 0.3) is 5.91 Å². The molecule has 0 atom stereocenters. The van der Waals surface area contributed by atoms with E-state index < -0.39 is 5.91 Å². The zero-order valence-electron chi connectivity index (χ0n) is 13.9. The van der Waals surface area contributed by atoms with Crippen LogP contribution in [0.2, 0.25) is 0 Å². The minimum atomic E-state index is -0.432. The van der Waals surface area contributed by atoms with Crippen LogP contribution in [0.25, 0.3) is 22.2 Å². The number of carbonyl (C=O) groups is 1. The minimum absolute atomic E-state index is 0.432. The van der Waals surface area contributed by atoms with Crippen molar-refractivity contribution in [1.29, 1.82) is 0 Å². The third-order valence-electron chi connectivity index (χ3n) is 3.89. The number of fused-ring (bicyclic) bond motifs is 1. The summed E-state index contributed by atoms with van der Waals surface area (Å²) in [5, 5.41) is 0.965. The van der Waals surface area contributed by atoms with Gasteiger partial charge in [-0.25, -0.2) is 0 Å². The Morgan fingerprint density at radius 1 is 1.17 bits per heavy atom. The molecule has 0 aliphatic heterocycles. The molecule has 0 bridgehead atoms. The van der Waals surface area contributed by atoms with Crippen LogP contribution in [0.1, 0.15) is 10.4 Å². The van der Waals surface area contributed by atoms with E-state index in [0.29, 0.717) is 12.2 Å². The first-order chi connectivity index (χ1) is 11.5. The number of amides is 1. The second-order valence-electron chi connectivity index (χ2n) is 5.99. The highest BCUT2D eigenvalue weighted by Crippen LogP contribution is 2.27. The summed E-state index contributed by atoms with van der Waals surface area (Å²) >= 11 is 0. The fourth-order valence-corrected chi connectivity index (χ4v) is 2.59. The van der Waals surface area contributed by atoms with Crippen LogP contribution < -0.4 is 10.5 Å². The van der Waals surface area contributed by atoms with Crippen molar-refractivity contribution >= 4 is 16.8 Å². The molecule has 0 saturated heterocycles. The van der Waals surface area contributed by atoms with E-state index in [1.54, 1.807) is 6.07 Å². The first-order valence-electron chi connectivity index (χ1n) is 7.84. The molecule has 5 nitrogen and oxygen atoms in total. The summed E-state index contributed by atoms with van der Waals surface area (Å²) in [5.41, 5.74) is 8.68. The molecule has 3 aromatic rings. The number of primary amides is 1. The molecule has 0 unspecified atom stereocenters. The number of nitrogens with two attached hydrogens (primary N) is 1. The summed E-state index contributed by atoms with van der Waals surface area (Å²) < 4.78 is 5.70. The van der Waals surface area contributed by atoms with Crippen molar-refractivity contribution in [2.75, 3.05) is 27.2 Å². The normalized spacial score (nSPS) is 11.1. The highest BCUT2D eigenvalue weighted by Gasteiger charge is 2.10. The smallest absolute Gasteiger partial charge is 0.250 e. The zero-order chi connectivity index (χ0) is 17.1. The second kappa shape index (κ2) is 6.76. The van der Waals surface area contributed by atoms with Gasteiger partial charge < -0.3 is 20.4 Å². The molecule has 1 aromatic heterocycles. The maximum absolute atomic E-state index is 11.5. The van der Waals surface area contributed by atoms with Crippen molar-refractivity contribution in [3.8, 4) is 17.0 Å². The summed E-state index contributed by atoms with van der Waals surface area (Å²) in [6.45, 7) is 1.53. The lowest BCUT2D eigenvalue weighted by Crippen LogP contribution is -2.19. The van der Waals surface area contributed by atoms with E-state index in [1.165, 1.54) is 0 Å². The number of nitrogens with zero attached hydrogens (tertiary/aromatic N) is 1. The molecule has 1 heterocycles. The number of likely N-dealkylation sites (N-methyl/N-ethyl adjacent to an activating group) is 1. The molecule has 3 rings (SSSR count). The highest BCUT2D eigenvalue weighted by atomic mass is 16.5. The predicted octanol–water partition coefficient (Wildman–Crippen LogP) is 2.87. The Balaban J connectivity index is 1.83. The van der Waals surface area contributed by atoms with Crippen molar-refractivity contribution in [2.45, 2.75) is 0 Å². The molecule has 124 valence electrons. The predicted molar refractivity (Wildman–Crippen MR) is 96.3 cm³/mol. The number of aromatic amines is 1. The molecule has 2 aromatic carbocycles. The summed E-state index contributed by atoms with van der Waals surface area (Å²) in [5.74, 6) is 0.410. The quantitative estimate of drug-likeness (QED) is 0.733. The molecule has 0 aliphatic carbocycles. The Morgan fingerprint density at radius 2 is 1.92 bits per heavy atom. The van der Waals surface area contributed by atoms with E-state index in [0.717, 1.165) is 34.5 Å². The van der Waals surface area contributed by atoms with Gasteiger partial charge in [0.2, 0.25) is 0 Å². The molecule has 5 heteroatoms. The first-order valence-corrected chi connectivity index (χ1v) is 7.84. The van der Waals surface area contributed by atoms with Gasteiger partial charge in [0, 0.05) is 17.6 Å². The summed E-state index contributed by atoms with van der Waals surface area (Å²) in [6, 6.07) is 15.4. The molecule has 0 aliphatic rings. The van der Waals surface area contributed by atoms with Crippen LogP contribution >= 0.6 is 0 Å². The van der Waals surface area contributed by atoms with Crippen molar-refractivity contribution in [3.63, 3.8) is 0 Å². The lowest BCUT2D eigenvalue weighted by molar-refractivity contribution is 0.100. The summed E-state index contributed by atoms with van der Waals surface area (Å²) in [6.07, 6.45) is 0. The SMILES string of the molecule is CN(C)CCOc1ccc(-c2cc3cccc(C(N)=O)c3[nH]2)cc1. The Kier molecular flexibility index (Phi) is 4.53. The Morgan fingerprint density at radius 3 is 2.58 bits per heavy atom. The van der Waals surface area contributed by atoms with Gasteiger partial charge in [0.15, 0.2) is 0 Å². The maximum atomic E-state index is 11.5. The molecule has 1 amide bonds. The number of rotatable bonds is 6. The molecule has 0 radical (unpaired) electrons. The van der Waals surface area contributed by atoms with Crippen LogP contribution in [0, 0.1) is 0 Å². The van der Waals surface area contributed by atoms with Crippen molar-refractivity contribution < 1.29 is 9.53 Å². The standard InChI is InChI=1S/C19H21N3O2/c1-22(2)10-11-24-15-8-6-13(7-9-15)17-12-14-4-3-5-16(19(20)23)18(14)21-17/h3-9,12,21H,10-11H2,1-2H3,(H2,20,23). The maximum Gasteiger partial charge on any atom is 0.250 e. The van der Waals surface area contributed by atoms with Gasteiger partial charge in [0.05, 0.1) is 11.1 Å². The molecule has 0 spiro atoms. The monoisotopic (exact) mass is 323 g/mol. The largest absolute Gasteiger partial charge is 0.492 e. The first kappa shape index (κ1) is 16.1. The number of ether oxygens (including phenoxy) is 1. The van der Waals surface area contributed by atoms with Gasteiger partial charge in [-0.15, -0.1) is 0 Å². The number of aromatic nitrogens is 1. The van der Waals surface area contributed by atoms with E-state index in [2.05, 4.69) is 9.88 Å². The molecular weight excluding hydrogens is 302 g/mol. The van der Waals surface area contributed by atoms with Gasteiger partial charge in [-0.1, -0.05) is 12.1 Å². The third kappa shape index (κ3) is 3.41. The Hall–Kier alpha value is -2.79. The van der Waals surface area contributed by atoms with E-state index in [-0.39, 0.29) is 0 Å². The summed E-state index contributed by atoms with van der Waals surface area (Å²) in [7, 11) is 4.03. The average molecular weight is 323 g/mol. The number of para-hydroxylation sites is 1. The average Bonchev–Trinajstić information content (AvgIpc) is 2.99. The number of nitrogens with one attached hydrogen (secondary N) is 1. The fraction of sp³-hybridized carbons (Fsp3) is 0.211. The van der Waals surface area contributed by atoms with Gasteiger partial charge in [-0.2, -0.15) is 0 Å². The van der Waals surface area contributed by atoms with E-state index >= 15 is 0 Å². The van der Waals surface area contributed by atoms with Gasteiger partial charge in [-0.05, 0) is 56.1 Å². The Labute approximate surface area is 141 Å². The third-order valence-corrected chi connectivity index (χ3v) is 3.89. The molecule has 0 saturated carbocycles. The lowest BCUT2D eigenvalue weighted by Gasteiger charge is -2.11. The molecule has 0 fully saturated rings. The number of hydrogen-bond donors (Lipinski definition) is 2. The van der Waals surface area contributed by atoms with E-state index in [9.17, 15) is 4.79 Å². The van der Waals surface area contributed by atoms with Crippen LogP contribution in [0.5, 0.6) is 5.75 Å². The van der Waals surface area contributed by atoms with Crippen LogP contribution in [-0.4, -0.2) is 43.0 Å². The number of hydrogen-bond acceptors (Lipinski definition) is 3. The van der Waals surface area contributed by atoms with Gasteiger partial charge in [0.1, 0.15) is 12.4 Å². The minimum Gasteiger partial charge on any atom is -0.492 e. The number of H-pyrrole nitrogens is 1. The zero-order valence-corrected chi connectivity index (χ0v) is 13.9. The van der Waals surface area contributed by atoms with E-state index in [1.807, 2.05) is 56.6 Å². The fourth-order valence-electron chi connectivity index (χ4n) is 2.59. The van der Waals surface area contributed by atoms with Crippen molar-refractivity contribution in [1.82, 2.24) is 9.88 Å². The van der Waals surface area contributed by atoms with Crippen LogP contribution in [0.3, 0.4) is 0 Å². The molecule has 24 heavy (non-hydrogen) atoms. The van der Waals surface area contributed by atoms with Crippen LogP contribution in [-0.2, 0) is 0 Å². The molecular formula is C19H21N3O2. The van der Waals surface area contributed by atoms with E-state index in [4.69, 9.17) is 10.5 Å². The lowest BCUT2D eigenvalue weighted by atomic mass is 10.1. The van der Waals surface area contributed by atoms with Gasteiger partial charge >= 0.3 is 0 Å². The Bertz CT molecular complexity index is 851. The van der Waals surface area contributed by atoms with Crippen molar-refractivity contribution in [2.24, 2.45) is 5.73 Å². The number of carbonyl (C=O) groups excluding carboxylic acids is 1. The number of benzene rings is 2. The topological polar surface area (TPSA) is 71.3 Å². The van der Waals surface area contributed by atoms with Gasteiger partial charge in [-0.3, -0.25) is 4.79 Å². The summed E-state index contributed by atoms with van der Waals surface area (Å²) in [4.78, 5) is 16.9. The van der Waals surface area contributed by atoms with Crippen LogP contribution in [0.15, 0.2) is 48.5 Å². The highest BCUT2D eigenvalue weighted by molar-refractivity contribution is 6.06. The van der Waals surface area contributed by atoms with Crippen LogP contribution in [0.4, 0.5) is 0 Å².